The number of carbonyl (C=O) groups is 2. The first-order chi connectivity index (χ1) is 14.8. The van der Waals surface area contributed by atoms with Crippen LogP contribution in [0.5, 0.6) is 17.2 Å². The smallest absolute Gasteiger partial charge is 0.285 e. The Bertz CT molecular complexity index is 1090. The molecular formula is C20H17N3O5S3. The molecule has 0 aliphatic carbocycles. The van der Waals surface area contributed by atoms with E-state index in [1.165, 1.54) is 30.3 Å². The molecule has 0 radical (unpaired) electrons. The van der Waals surface area contributed by atoms with Gasteiger partial charge >= 0.3 is 0 Å². The number of thioether (sulfide) groups is 1. The fourth-order valence-electron chi connectivity index (χ4n) is 2.52. The number of ether oxygens (including phenoxy) is 1. The van der Waals surface area contributed by atoms with Crippen LogP contribution in [0.3, 0.4) is 0 Å². The standard InChI is InChI=1S/C20H17N3O5S3/c1-2-28-14-5-3-4-11(16(14)25)10-15-19(27)23(20(30)31-15)22-18(29)17(26)21-12-6-8-13(24)9-7-12/h3-10,24-25H,2H2,1H3,(H,21,26)(H,22,29)/b15-10+. The summed E-state index contributed by atoms with van der Waals surface area (Å²) in [6.45, 7) is 2.18. The number of nitrogens with zero attached hydrogens (tertiary/aromatic N) is 1. The number of aromatic hydroxyl groups is 2. The van der Waals surface area contributed by atoms with E-state index in [0.29, 0.717) is 23.6 Å². The lowest BCUT2D eigenvalue weighted by Gasteiger charge is -2.17. The predicted molar refractivity (Wildman–Crippen MR) is 127 cm³/mol. The monoisotopic (exact) mass is 475 g/mol. The number of phenols is 2. The Labute approximate surface area is 192 Å². The van der Waals surface area contributed by atoms with Crippen molar-refractivity contribution in [2.45, 2.75) is 6.92 Å². The van der Waals surface area contributed by atoms with Gasteiger partial charge in [-0.15, -0.1) is 0 Å². The van der Waals surface area contributed by atoms with Crippen LogP contribution in [0, 0.1) is 0 Å². The second-order valence-electron chi connectivity index (χ2n) is 6.09. The van der Waals surface area contributed by atoms with Gasteiger partial charge in [0.25, 0.3) is 11.8 Å². The Balaban J connectivity index is 1.71. The zero-order valence-electron chi connectivity index (χ0n) is 16.1. The summed E-state index contributed by atoms with van der Waals surface area (Å²) in [6.07, 6.45) is 1.48. The first kappa shape index (κ1) is 22.5. The van der Waals surface area contributed by atoms with Crippen LogP contribution in [-0.4, -0.2) is 43.0 Å². The highest BCUT2D eigenvalue weighted by molar-refractivity contribution is 8.26. The lowest BCUT2D eigenvalue weighted by molar-refractivity contribution is -0.123. The van der Waals surface area contributed by atoms with E-state index in [4.69, 9.17) is 29.2 Å². The molecule has 8 nitrogen and oxygen atoms in total. The zero-order chi connectivity index (χ0) is 22.5. The molecule has 1 fully saturated rings. The van der Waals surface area contributed by atoms with Crippen molar-refractivity contribution in [1.29, 1.82) is 0 Å². The number of carbonyl (C=O) groups excluding carboxylic acids is 2. The highest BCUT2D eigenvalue weighted by Crippen LogP contribution is 2.36. The van der Waals surface area contributed by atoms with Crippen LogP contribution in [0.4, 0.5) is 5.69 Å². The molecule has 160 valence electrons. The number of amides is 2. The normalized spacial score (nSPS) is 14.6. The number of thiocarbonyl (C=S) groups is 2. The maximum Gasteiger partial charge on any atom is 0.285 e. The number of para-hydroxylation sites is 1. The Kier molecular flexibility index (Phi) is 7.10. The third-order valence-corrected chi connectivity index (χ3v) is 5.53. The third-order valence-electron chi connectivity index (χ3n) is 3.96. The fraction of sp³-hybridized carbons (Fsp3) is 0.100. The van der Waals surface area contributed by atoms with Crippen molar-refractivity contribution in [2.24, 2.45) is 0 Å². The second kappa shape index (κ2) is 9.77. The third kappa shape index (κ3) is 5.32. The van der Waals surface area contributed by atoms with Gasteiger partial charge < -0.3 is 20.3 Å². The van der Waals surface area contributed by atoms with Crippen molar-refractivity contribution in [3.63, 3.8) is 0 Å². The van der Waals surface area contributed by atoms with Crippen molar-refractivity contribution in [3.05, 3.63) is 52.9 Å². The Morgan fingerprint density at radius 3 is 2.61 bits per heavy atom. The van der Waals surface area contributed by atoms with Crippen molar-refractivity contribution >= 4 is 69.1 Å². The summed E-state index contributed by atoms with van der Waals surface area (Å²) in [5.41, 5.74) is 3.34. The molecule has 3 rings (SSSR count). The van der Waals surface area contributed by atoms with E-state index >= 15 is 0 Å². The molecule has 0 unspecified atom stereocenters. The summed E-state index contributed by atoms with van der Waals surface area (Å²) in [6, 6.07) is 10.8. The lowest BCUT2D eigenvalue weighted by Crippen LogP contribution is -2.48. The number of nitrogens with one attached hydrogen (secondary N) is 2. The molecule has 2 amide bonds. The van der Waals surface area contributed by atoms with Gasteiger partial charge in [-0.05, 0) is 55.5 Å². The fourth-order valence-corrected chi connectivity index (χ4v) is 3.83. The van der Waals surface area contributed by atoms with Gasteiger partial charge in [-0.3, -0.25) is 15.0 Å². The molecule has 4 N–H and O–H groups in total. The molecule has 0 saturated carbocycles. The van der Waals surface area contributed by atoms with Gasteiger partial charge in [0, 0.05) is 11.3 Å². The van der Waals surface area contributed by atoms with Gasteiger partial charge in [0.1, 0.15) is 5.75 Å². The minimum Gasteiger partial charge on any atom is -0.508 e. The molecule has 1 heterocycles. The number of phenolic OH excluding ortho intramolecular Hbond substituents is 2. The van der Waals surface area contributed by atoms with Gasteiger partial charge in [0.15, 0.2) is 20.8 Å². The van der Waals surface area contributed by atoms with E-state index in [9.17, 15) is 19.8 Å². The van der Waals surface area contributed by atoms with Crippen LogP contribution < -0.4 is 15.5 Å². The van der Waals surface area contributed by atoms with Crippen molar-refractivity contribution in [3.8, 4) is 17.2 Å². The Morgan fingerprint density at radius 1 is 1.23 bits per heavy atom. The summed E-state index contributed by atoms with van der Waals surface area (Å²) < 4.78 is 5.50. The molecule has 11 heteroatoms. The summed E-state index contributed by atoms with van der Waals surface area (Å²) in [5, 5.41) is 23.2. The van der Waals surface area contributed by atoms with Crippen molar-refractivity contribution in [1.82, 2.24) is 10.4 Å². The van der Waals surface area contributed by atoms with E-state index in [0.717, 1.165) is 16.8 Å². The molecular weight excluding hydrogens is 458 g/mol. The topological polar surface area (TPSA) is 111 Å². The lowest BCUT2D eigenvalue weighted by atomic mass is 10.1. The molecule has 2 aromatic carbocycles. The number of hydrazine groups is 1. The molecule has 0 bridgehead atoms. The second-order valence-corrected chi connectivity index (χ2v) is 8.17. The largest absolute Gasteiger partial charge is 0.508 e. The summed E-state index contributed by atoms with van der Waals surface area (Å²) >= 11 is 11.3. The summed E-state index contributed by atoms with van der Waals surface area (Å²) in [5.74, 6) is -0.902. The molecule has 1 aliphatic heterocycles. The van der Waals surface area contributed by atoms with Crippen LogP contribution in [0.25, 0.3) is 6.08 Å². The van der Waals surface area contributed by atoms with Crippen molar-refractivity contribution in [2.75, 3.05) is 11.9 Å². The summed E-state index contributed by atoms with van der Waals surface area (Å²) in [7, 11) is 0. The van der Waals surface area contributed by atoms with Crippen LogP contribution in [0.15, 0.2) is 47.4 Å². The molecule has 1 saturated heterocycles. The molecule has 0 atom stereocenters. The first-order valence-electron chi connectivity index (χ1n) is 8.94. The first-order valence-corrected chi connectivity index (χ1v) is 10.6. The van der Waals surface area contributed by atoms with Gasteiger partial charge in [-0.1, -0.05) is 36.1 Å². The zero-order valence-corrected chi connectivity index (χ0v) is 18.6. The van der Waals surface area contributed by atoms with Crippen LogP contribution >= 0.6 is 36.2 Å². The molecule has 0 spiro atoms. The van der Waals surface area contributed by atoms with E-state index < -0.39 is 11.8 Å². The number of hydrogen-bond donors (Lipinski definition) is 4. The van der Waals surface area contributed by atoms with E-state index in [1.807, 2.05) is 0 Å². The van der Waals surface area contributed by atoms with E-state index in [1.54, 1.807) is 25.1 Å². The molecule has 31 heavy (non-hydrogen) atoms. The number of rotatable bonds is 5. The van der Waals surface area contributed by atoms with E-state index in [-0.39, 0.29) is 25.7 Å². The SMILES string of the molecule is CCOc1cccc(/C=C2/SC(=S)N(NC(=S)C(=O)Nc3ccc(O)cc3)C2=O)c1O. The van der Waals surface area contributed by atoms with Crippen molar-refractivity contribution < 1.29 is 24.5 Å². The summed E-state index contributed by atoms with van der Waals surface area (Å²) in [4.78, 5) is 25.0. The van der Waals surface area contributed by atoms with Gasteiger partial charge in [0.05, 0.1) is 11.5 Å². The number of anilines is 1. The van der Waals surface area contributed by atoms with Gasteiger partial charge in [-0.25, -0.2) is 0 Å². The minimum atomic E-state index is -0.652. The Hall–Kier alpha value is -3.15. The van der Waals surface area contributed by atoms with E-state index in [2.05, 4.69) is 10.7 Å². The van der Waals surface area contributed by atoms with Crippen LogP contribution in [0.2, 0.25) is 0 Å². The maximum absolute atomic E-state index is 12.8. The Morgan fingerprint density at radius 2 is 1.94 bits per heavy atom. The predicted octanol–water partition coefficient (Wildman–Crippen LogP) is 3.17. The van der Waals surface area contributed by atoms with Crippen LogP contribution in [0.1, 0.15) is 12.5 Å². The van der Waals surface area contributed by atoms with Gasteiger partial charge in [0.2, 0.25) is 0 Å². The molecule has 2 aromatic rings. The highest BCUT2D eigenvalue weighted by Gasteiger charge is 2.34. The number of benzene rings is 2. The maximum atomic E-state index is 12.8. The minimum absolute atomic E-state index is 0.0564. The number of hydrogen-bond acceptors (Lipinski definition) is 8. The average Bonchev–Trinajstić information content (AvgIpc) is 3.00. The highest BCUT2D eigenvalue weighted by atomic mass is 32.2. The quantitative estimate of drug-likeness (QED) is 0.294. The average molecular weight is 476 g/mol. The van der Waals surface area contributed by atoms with Gasteiger partial charge in [-0.2, -0.15) is 5.01 Å². The molecule has 1 aliphatic rings. The van der Waals surface area contributed by atoms with Crippen LogP contribution in [-0.2, 0) is 9.59 Å². The molecule has 0 aromatic heterocycles.